The van der Waals surface area contributed by atoms with E-state index >= 15 is 0 Å². The molecular weight excluding hydrogens is 314 g/mol. The maximum absolute atomic E-state index is 5.57. The van der Waals surface area contributed by atoms with E-state index in [1.807, 2.05) is 6.92 Å². The smallest absolute Gasteiger partial charge is 0.249 e. The van der Waals surface area contributed by atoms with Gasteiger partial charge >= 0.3 is 0 Å². The molecule has 1 fully saturated rings. The van der Waals surface area contributed by atoms with Crippen LogP contribution >= 0.6 is 11.3 Å². The highest BCUT2D eigenvalue weighted by Crippen LogP contribution is 2.39. The predicted octanol–water partition coefficient (Wildman–Crippen LogP) is 2.66. The molecule has 4 rings (SSSR count). The summed E-state index contributed by atoms with van der Waals surface area (Å²) in [4.78, 5) is 17.7. The first-order valence-electron chi connectivity index (χ1n) is 7.46. The van der Waals surface area contributed by atoms with E-state index in [4.69, 9.17) is 9.26 Å². The molecule has 4 heterocycles. The molecule has 120 valence electrons. The number of anilines is 1. The molecule has 3 aromatic heterocycles. The highest BCUT2D eigenvalue weighted by molar-refractivity contribution is 7.18. The normalized spacial score (nSPS) is 21.4. The van der Waals surface area contributed by atoms with Crippen molar-refractivity contribution < 1.29 is 9.26 Å². The SMILES string of the molecule is CO[C@H]1C[C@H](c2nc(C)no2)N(c2ncnc3sc(C)cc23)C1. The van der Waals surface area contributed by atoms with Crippen LogP contribution in [0.25, 0.3) is 10.2 Å². The van der Waals surface area contributed by atoms with E-state index in [1.165, 1.54) is 4.88 Å². The van der Waals surface area contributed by atoms with Gasteiger partial charge in [0.1, 0.15) is 23.0 Å². The average molecular weight is 331 g/mol. The third-order valence-corrected chi connectivity index (χ3v) is 5.09. The number of hydrogen-bond acceptors (Lipinski definition) is 8. The Hall–Kier alpha value is -2.06. The van der Waals surface area contributed by atoms with Crippen LogP contribution < -0.4 is 4.90 Å². The van der Waals surface area contributed by atoms with Crippen LogP contribution in [0.4, 0.5) is 5.82 Å². The lowest BCUT2D eigenvalue weighted by molar-refractivity contribution is 0.117. The zero-order valence-corrected chi connectivity index (χ0v) is 14.0. The molecule has 0 aromatic carbocycles. The summed E-state index contributed by atoms with van der Waals surface area (Å²) in [6, 6.07) is 2.10. The van der Waals surface area contributed by atoms with Gasteiger partial charge in [0.05, 0.1) is 11.5 Å². The minimum atomic E-state index is -0.0283. The van der Waals surface area contributed by atoms with Crippen molar-refractivity contribution in [1.82, 2.24) is 20.1 Å². The fourth-order valence-electron chi connectivity index (χ4n) is 3.08. The van der Waals surface area contributed by atoms with E-state index in [1.54, 1.807) is 24.8 Å². The monoisotopic (exact) mass is 331 g/mol. The van der Waals surface area contributed by atoms with Crippen LogP contribution in [0, 0.1) is 13.8 Å². The van der Waals surface area contributed by atoms with Gasteiger partial charge in [-0.3, -0.25) is 0 Å². The van der Waals surface area contributed by atoms with Gasteiger partial charge in [-0.05, 0) is 19.9 Å². The Morgan fingerprint density at radius 3 is 2.96 bits per heavy atom. The fourth-order valence-corrected chi connectivity index (χ4v) is 3.92. The molecule has 3 aromatic rings. The van der Waals surface area contributed by atoms with E-state index in [9.17, 15) is 0 Å². The first-order valence-corrected chi connectivity index (χ1v) is 8.28. The second-order valence-corrected chi connectivity index (χ2v) is 6.95. The van der Waals surface area contributed by atoms with E-state index in [-0.39, 0.29) is 12.1 Å². The highest BCUT2D eigenvalue weighted by Gasteiger charge is 2.38. The van der Waals surface area contributed by atoms with Crippen molar-refractivity contribution in [3.63, 3.8) is 0 Å². The first-order chi connectivity index (χ1) is 11.2. The van der Waals surface area contributed by atoms with Crippen molar-refractivity contribution in [2.75, 3.05) is 18.6 Å². The van der Waals surface area contributed by atoms with Gasteiger partial charge in [-0.15, -0.1) is 11.3 Å². The Bertz CT molecular complexity index is 845. The summed E-state index contributed by atoms with van der Waals surface area (Å²) in [6.45, 7) is 4.64. The maximum atomic E-state index is 5.57. The molecule has 7 nitrogen and oxygen atoms in total. The van der Waals surface area contributed by atoms with Crippen LogP contribution in [-0.2, 0) is 4.74 Å². The quantitative estimate of drug-likeness (QED) is 0.730. The van der Waals surface area contributed by atoms with Crippen LogP contribution in [0.2, 0.25) is 0 Å². The lowest BCUT2D eigenvalue weighted by Gasteiger charge is -2.23. The van der Waals surface area contributed by atoms with Crippen LogP contribution in [0.1, 0.15) is 29.1 Å². The van der Waals surface area contributed by atoms with Gasteiger partial charge in [0.2, 0.25) is 5.89 Å². The van der Waals surface area contributed by atoms with Crippen molar-refractivity contribution >= 4 is 27.4 Å². The summed E-state index contributed by atoms with van der Waals surface area (Å²) >= 11 is 1.67. The predicted molar refractivity (Wildman–Crippen MR) is 86.7 cm³/mol. The number of hydrogen-bond donors (Lipinski definition) is 0. The van der Waals surface area contributed by atoms with Crippen LogP contribution in [0.15, 0.2) is 16.9 Å². The Kier molecular flexibility index (Phi) is 3.50. The minimum absolute atomic E-state index is 0.0283. The van der Waals surface area contributed by atoms with Gasteiger partial charge in [0, 0.05) is 25.0 Å². The summed E-state index contributed by atoms with van der Waals surface area (Å²) in [7, 11) is 1.73. The van der Waals surface area contributed by atoms with Gasteiger partial charge in [0.25, 0.3) is 0 Å². The van der Waals surface area contributed by atoms with E-state index in [0.717, 1.165) is 29.0 Å². The highest BCUT2D eigenvalue weighted by atomic mass is 32.1. The van der Waals surface area contributed by atoms with Gasteiger partial charge in [0.15, 0.2) is 5.82 Å². The number of fused-ring (bicyclic) bond motifs is 1. The lowest BCUT2D eigenvalue weighted by atomic mass is 10.2. The molecule has 0 N–H and O–H groups in total. The molecule has 0 bridgehead atoms. The van der Waals surface area contributed by atoms with Gasteiger partial charge in [-0.25, -0.2) is 9.97 Å². The second kappa shape index (κ2) is 5.54. The average Bonchev–Trinajstić information content (AvgIpc) is 3.22. The molecule has 1 saturated heterocycles. The first kappa shape index (κ1) is 14.5. The molecule has 0 spiro atoms. The minimum Gasteiger partial charge on any atom is -0.380 e. The zero-order valence-electron chi connectivity index (χ0n) is 13.2. The molecule has 0 radical (unpaired) electrons. The number of rotatable bonds is 3. The fraction of sp³-hybridized carbons (Fsp3) is 0.467. The summed E-state index contributed by atoms with van der Waals surface area (Å²) in [5, 5.41) is 4.99. The Morgan fingerprint density at radius 1 is 1.35 bits per heavy atom. The molecule has 8 heteroatoms. The van der Waals surface area contributed by atoms with E-state index in [0.29, 0.717) is 11.7 Å². The van der Waals surface area contributed by atoms with Crippen LogP contribution in [-0.4, -0.2) is 39.9 Å². The molecule has 1 aliphatic heterocycles. The van der Waals surface area contributed by atoms with Crippen LogP contribution in [0.3, 0.4) is 0 Å². The summed E-state index contributed by atoms with van der Waals surface area (Å²) in [5.41, 5.74) is 0. The number of aromatic nitrogens is 4. The Balaban J connectivity index is 1.80. The van der Waals surface area contributed by atoms with E-state index in [2.05, 4.69) is 38.0 Å². The molecule has 23 heavy (non-hydrogen) atoms. The maximum Gasteiger partial charge on any atom is 0.249 e. The van der Waals surface area contributed by atoms with Crippen molar-refractivity contribution in [1.29, 1.82) is 0 Å². The zero-order chi connectivity index (χ0) is 16.0. The molecule has 1 aliphatic rings. The molecule has 0 unspecified atom stereocenters. The third kappa shape index (κ3) is 2.47. The largest absolute Gasteiger partial charge is 0.380 e. The topological polar surface area (TPSA) is 77.2 Å². The molecule has 0 aliphatic carbocycles. The summed E-state index contributed by atoms with van der Waals surface area (Å²) in [5.74, 6) is 2.15. The van der Waals surface area contributed by atoms with Crippen molar-refractivity contribution in [3.05, 3.63) is 29.0 Å². The summed E-state index contributed by atoms with van der Waals surface area (Å²) in [6.07, 6.45) is 2.52. The standard InChI is InChI=1S/C15H17N5O2S/c1-8-4-11-13(16-7-17-15(11)23-8)20-6-10(21-3)5-12(20)14-18-9(2)19-22-14/h4,7,10,12H,5-6H2,1-3H3/t10-,12+/m0/s1. The van der Waals surface area contributed by atoms with Gasteiger partial charge < -0.3 is 14.2 Å². The molecule has 0 amide bonds. The summed E-state index contributed by atoms with van der Waals surface area (Å²) < 4.78 is 11.0. The molecule has 2 atom stereocenters. The van der Waals surface area contributed by atoms with Crippen molar-refractivity contribution in [2.45, 2.75) is 32.4 Å². The number of nitrogens with zero attached hydrogens (tertiary/aromatic N) is 5. The number of aryl methyl sites for hydroxylation is 2. The lowest BCUT2D eigenvalue weighted by Crippen LogP contribution is -2.26. The number of thiophene rings is 1. The van der Waals surface area contributed by atoms with Crippen molar-refractivity contribution in [3.8, 4) is 0 Å². The Labute approximate surface area is 137 Å². The Morgan fingerprint density at radius 2 is 2.22 bits per heavy atom. The van der Waals surface area contributed by atoms with Crippen molar-refractivity contribution in [2.24, 2.45) is 0 Å². The number of methoxy groups -OCH3 is 1. The third-order valence-electron chi connectivity index (χ3n) is 4.13. The van der Waals surface area contributed by atoms with Crippen LogP contribution in [0.5, 0.6) is 0 Å². The van der Waals surface area contributed by atoms with Gasteiger partial charge in [-0.2, -0.15) is 4.98 Å². The molecular formula is C15H17N5O2S. The second-order valence-electron chi connectivity index (χ2n) is 5.71. The van der Waals surface area contributed by atoms with Gasteiger partial charge in [-0.1, -0.05) is 5.16 Å². The number of ether oxygens (including phenoxy) is 1. The van der Waals surface area contributed by atoms with E-state index < -0.39 is 0 Å². The molecule has 0 saturated carbocycles.